The van der Waals surface area contributed by atoms with E-state index in [1.807, 2.05) is 30.3 Å². The minimum Gasteiger partial charge on any atom is -0.493 e. The zero-order valence-corrected chi connectivity index (χ0v) is 17.2. The van der Waals surface area contributed by atoms with Gasteiger partial charge in [0.15, 0.2) is 18.1 Å². The van der Waals surface area contributed by atoms with Crippen LogP contribution in [0.1, 0.15) is 12.5 Å². The van der Waals surface area contributed by atoms with E-state index in [0.29, 0.717) is 18.0 Å². The average Bonchev–Trinajstić information content (AvgIpc) is 2.69. The van der Waals surface area contributed by atoms with E-state index >= 15 is 0 Å². The van der Waals surface area contributed by atoms with Gasteiger partial charge in [-0.3, -0.25) is 9.59 Å². The van der Waals surface area contributed by atoms with Gasteiger partial charge in [0.1, 0.15) is 6.04 Å². The van der Waals surface area contributed by atoms with Gasteiger partial charge < -0.3 is 19.7 Å². The fourth-order valence-corrected chi connectivity index (χ4v) is 3.03. The lowest BCUT2D eigenvalue weighted by atomic mass is 10.1. The van der Waals surface area contributed by atoms with E-state index in [2.05, 4.69) is 21.2 Å². The molecule has 1 atom stereocenters. The van der Waals surface area contributed by atoms with Crippen molar-refractivity contribution in [3.05, 3.63) is 58.6 Å². The van der Waals surface area contributed by atoms with Crippen molar-refractivity contribution in [1.82, 2.24) is 10.2 Å². The molecule has 27 heavy (non-hydrogen) atoms. The van der Waals surface area contributed by atoms with E-state index in [4.69, 9.17) is 9.47 Å². The second-order valence-corrected chi connectivity index (χ2v) is 6.80. The molecule has 0 aliphatic heterocycles. The van der Waals surface area contributed by atoms with Crippen molar-refractivity contribution in [3.63, 3.8) is 0 Å². The molecule has 0 saturated heterocycles. The molecule has 0 radical (unpaired) electrons. The van der Waals surface area contributed by atoms with Crippen LogP contribution in [-0.4, -0.2) is 43.5 Å². The van der Waals surface area contributed by atoms with Crippen LogP contribution < -0.4 is 14.8 Å². The van der Waals surface area contributed by atoms with Crippen LogP contribution in [0.3, 0.4) is 0 Å². The van der Waals surface area contributed by atoms with E-state index in [0.717, 1.165) is 10.0 Å². The number of hydrogen-bond donors (Lipinski definition) is 1. The van der Waals surface area contributed by atoms with E-state index in [9.17, 15) is 9.59 Å². The highest BCUT2D eigenvalue weighted by atomic mass is 79.9. The number of carbonyl (C=O) groups is 2. The molecule has 2 aromatic rings. The summed E-state index contributed by atoms with van der Waals surface area (Å²) in [7, 11) is 3.09. The van der Waals surface area contributed by atoms with E-state index in [1.165, 1.54) is 12.0 Å². The predicted molar refractivity (Wildman–Crippen MR) is 107 cm³/mol. The lowest BCUT2D eigenvalue weighted by Gasteiger charge is -2.28. The number of methoxy groups -OCH3 is 1. The Morgan fingerprint density at radius 3 is 2.48 bits per heavy atom. The summed E-state index contributed by atoms with van der Waals surface area (Å²) in [5.74, 6) is 0.485. The molecule has 2 rings (SSSR count). The van der Waals surface area contributed by atoms with Crippen LogP contribution in [0.2, 0.25) is 0 Å². The standard InChI is InChI=1S/C20H23BrN2O4/c1-14(20(25)22-2)23(12-15-7-6-8-16(21)11-15)19(24)13-27-18-10-5-4-9-17(18)26-3/h4-11,14H,12-13H2,1-3H3,(H,22,25)/t14-/m0/s1. The SMILES string of the molecule is CNC(=O)[C@H](C)N(Cc1cccc(Br)c1)C(=O)COc1ccccc1OC. The first-order chi connectivity index (χ1) is 13.0. The van der Waals surface area contributed by atoms with Crippen molar-refractivity contribution in [2.24, 2.45) is 0 Å². The van der Waals surface area contributed by atoms with Gasteiger partial charge in [-0.2, -0.15) is 0 Å². The molecule has 6 nitrogen and oxygen atoms in total. The largest absolute Gasteiger partial charge is 0.493 e. The zero-order chi connectivity index (χ0) is 19.8. The summed E-state index contributed by atoms with van der Waals surface area (Å²) in [6, 6.07) is 14.1. The predicted octanol–water partition coefficient (Wildman–Crippen LogP) is 3.00. The van der Waals surface area contributed by atoms with Crippen molar-refractivity contribution in [2.45, 2.75) is 19.5 Å². The Morgan fingerprint density at radius 2 is 1.85 bits per heavy atom. The minimum absolute atomic E-state index is 0.199. The molecule has 144 valence electrons. The van der Waals surface area contributed by atoms with Crippen molar-refractivity contribution in [3.8, 4) is 11.5 Å². The highest BCUT2D eigenvalue weighted by Crippen LogP contribution is 2.26. The quantitative estimate of drug-likeness (QED) is 0.693. The van der Waals surface area contributed by atoms with Crippen molar-refractivity contribution in [1.29, 1.82) is 0 Å². The summed E-state index contributed by atoms with van der Waals surface area (Å²) in [5, 5.41) is 2.59. The third-order valence-electron chi connectivity index (χ3n) is 4.08. The maximum absolute atomic E-state index is 12.8. The summed E-state index contributed by atoms with van der Waals surface area (Å²) in [6.45, 7) is 1.79. The van der Waals surface area contributed by atoms with Crippen molar-refractivity contribution >= 4 is 27.7 Å². The monoisotopic (exact) mass is 434 g/mol. The third kappa shape index (κ3) is 5.72. The minimum atomic E-state index is -0.636. The fraction of sp³-hybridized carbons (Fsp3) is 0.300. The summed E-state index contributed by atoms with van der Waals surface area (Å²) >= 11 is 3.42. The van der Waals surface area contributed by atoms with E-state index < -0.39 is 6.04 Å². The zero-order valence-electron chi connectivity index (χ0n) is 15.6. The van der Waals surface area contributed by atoms with Gasteiger partial charge in [-0.15, -0.1) is 0 Å². The van der Waals surface area contributed by atoms with Crippen molar-refractivity contribution in [2.75, 3.05) is 20.8 Å². The summed E-state index contributed by atoms with van der Waals surface area (Å²) < 4.78 is 11.8. The van der Waals surface area contributed by atoms with Gasteiger partial charge in [-0.1, -0.05) is 40.2 Å². The molecule has 7 heteroatoms. The summed E-state index contributed by atoms with van der Waals surface area (Å²) in [4.78, 5) is 26.4. The van der Waals surface area contributed by atoms with Gasteiger partial charge in [-0.05, 0) is 36.8 Å². The summed E-state index contributed by atoms with van der Waals surface area (Å²) in [6.07, 6.45) is 0. The number of likely N-dealkylation sites (N-methyl/N-ethyl adjacent to an activating group) is 1. The number of hydrogen-bond acceptors (Lipinski definition) is 4. The molecule has 0 unspecified atom stereocenters. The number of ether oxygens (including phenoxy) is 2. The number of carbonyl (C=O) groups excluding carboxylic acids is 2. The van der Waals surface area contributed by atoms with Crippen LogP contribution in [0.15, 0.2) is 53.0 Å². The Hall–Kier alpha value is -2.54. The Balaban J connectivity index is 2.16. The molecule has 0 aromatic heterocycles. The first-order valence-electron chi connectivity index (χ1n) is 8.47. The topological polar surface area (TPSA) is 67.9 Å². The summed E-state index contributed by atoms with van der Waals surface area (Å²) in [5.41, 5.74) is 0.908. The average molecular weight is 435 g/mol. The molecule has 0 aliphatic rings. The number of benzene rings is 2. The lowest BCUT2D eigenvalue weighted by Crippen LogP contribution is -2.48. The smallest absolute Gasteiger partial charge is 0.261 e. The molecule has 0 heterocycles. The third-order valence-corrected chi connectivity index (χ3v) is 4.57. The van der Waals surface area contributed by atoms with E-state index in [1.54, 1.807) is 32.2 Å². The molecule has 2 aromatic carbocycles. The van der Waals surface area contributed by atoms with Crippen LogP contribution in [0, 0.1) is 0 Å². The maximum atomic E-state index is 12.8. The number of amides is 2. The van der Waals surface area contributed by atoms with Crippen LogP contribution in [0.25, 0.3) is 0 Å². The molecular weight excluding hydrogens is 412 g/mol. The Kier molecular flexibility index (Phi) is 7.67. The van der Waals surface area contributed by atoms with Gasteiger partial charge in [0, 0.05) is 18.1 Å². The van der Waals surface area contributed by atoms with Gasteiger partial charge >= 0.3 is 0 Å². The highest BCUT2D eigenvalue weighted by Gasteiger charge is 2.26. The van der Waals surface area contributed by atoms with E-state index in [-0.39, 0.29) is 18.4 Å². The lowest BCUT2D eigenvalue weighted by molar-refractivity contribution is -0.142. The van der Waals surface area contributed by atoms with Gasteiger partial charge in [-0.25, -0.2) is 0 Å². The molecule has 1 N–H and O–H groups in total. The molecular formula is C20H23BrN2O4. The molecule has 0 bridgehead atoms. The normalized spacial score (nSPS) is 11.4. The Labute approximate surface area is 167 Å². The molecule has 0 saturated carbocycles. The molecule has 0 aliphatic carbocycles. The fourth-order valence-electron chi connectivity index (χ4n) is 2.58. The van der Waals surface area contributed by atoms with Gasteiger partial charge in [0.05, 0.1) is 7.11 Å². The molecule has 0 fully saturated rings. The number of para-hydroxylation sites is 2. The van der Waals surface area contributed by atoms with Crippen LogP contribution in [0.4, 0.5) is 0 Å². The van der Waals surface area contributed by atoms with Crippen LogP contribution >= 0.6 is 15.9 Å². The molecule has 2 amide bonds. The number of rotatable bonds is 8. The van der Waals surface area contributed by atoms with Gasteiger partial charge in [0.2, 0.25) is 5.91 Å². The van der Waals surface area contributed by atoms with Gasteiger partial charge in [0.25, 0.3) is 5.91 Å². The highest BCUT2D eigenvalue weighted by molar-refractivity contribution is 9.10. The Bertz CT molecular complexity index is 797. The second-order valence-electron chi connectivity index (χ2n) is 5.88. The van der Waals surface area contributed by atoms with Crippen molar-refractivity contribution < 1.29 is 19.1 Å². The first kappa shape index (κ1) is 20.8. The first-order valence-corrected chi connectivity index (χ1v) is 9.27. The van der Waals surface area contributed by atoms with Crippen LogP contribution in [-0.2, 0) is 16.1 Å². The number of halogens is 1. The molecule has 0 spiro atoms. The Morgan fingerprint density at radius 1 is 1.15 bits per heavy atom. The van der Waals surface area contributed by atoms with Crippen LogP contribution in [0.5, 0.6) is 11.5 Å². The number of nitrogens with one attached hydrogen (secondary N) is 1. The number of nitrogens with zero attached hydrogens (tertiary/aromatic N) is 1. The maximum Gasteiger partial charge on any atom is 0.261 e. The second kappa shape index (κ2) is 9.97.